The van der Waals surface area contributed by atoms with Crippen LogP contribution in [0.25, 0.3) is 0 Å². The van der Waals surface area contributed by atoms with E-state index in [2.05, 4.69) is 31.0 Å². The van der Waals surface area contributed by atoms with E-state index in [1.54, 1.807) is 7.11 Å². The molecular weight excluding hydrogens is 248 g/mol. The topological polar surface area (TPSA) is 38.5 Å². The van der Waals surface area contributed by atoms with Crippen molar-refractivity contribution in [1.82, 2.24) is 4.90 Å². The van der Waals surface area contributed by atoms with Crippen LogP contribution in [-0.2, 0) is 0 Å². The van der Waals surface area contributed by atoms with Crippen molar-refractivity contribution in [3.05, 3.63) is 29.8 Å². The van der Waals surface area contributed by atoms with Gasteiger partial charge in [0.25, 0.3) is 0 Å². The Kier molecular flexibility index (Phi) is 5.44. The van der Waals surface area contributed by atoms with Crippen LogP contribution in [0.3, 0.4) is 0 Å². The van der Waals surface area contributed by atoms with Crippen LogP contribution in [0.4, 0.5) is 0 Å². The lowest BCUT2D eigenvalue weighted by atomic mass is 9.86. The van der Waals surface area contributed by atoms with Crippen LogP contribution in [-0.4, -0.2) is 31.6 Å². The van der Waals surface area contributed by atoms with Crippen molar-refractivity contribution in [2.75, 3.05) is 20.7 Å². The van der Waals surface area contributed by atoms with Gasteiger partial charge in [-0.05, 0) is 56.3 Å². The van der Waals surface area contributed by atoms with E-state index in [9.17, 15) is 0 Å². The first-order chi connectivity index (χ1) is 9.65. The van der Waals surface area contributed by atoms with Gasteiger partial charge in [0.15, 0.2) is 0 Å². The van der Waals surface area contributed by atoms with Gasteiger partial charge in [-0.3, -0.25) is 4.90 Å². The Morgan fingerprint density at radius 2 is 1.80 bits per heavy atom. The van der Waals surface area contributed by atoms with Crippen LogP contribution in [0.2, 0.25) is 0 Å². The third kappa shape index (κ3) is 3.53. The zero-order chi connectivity index (χ0) is 14.5. The molecule has 0 bridgehead atoms. The number of rotatable bonds is 5. The Labute approximate surface area is 123 Å². The monoisotopic (exact) mass is 276 g/mol. The van der Waals surface area contributed by atoms with Gasteiger partial charge in [-0.1, -0.05) is 19.1 Å². The number of nitrogens with zero attached hydrogens (tertiary/aromatic N) is 1. The quantitative estimate of drug-likeness (QED) is 0.897. The average Bonchev–Trinajstić information content (AvgIpc) is 2.49. The first-order valence-electron chi connectivity index (χ1n) is 7.71. The molecule has 0 aromatic heterocycles. The SMILES string of the molecule is COc1ccc(C(CN)N(C)C2CCC(C)CC2)cc1. The van der Waals surface area contributed by atoms with Crippen LogP contribution in [0.1, 0.15) is 44.2 Å². The summed E-state index contributed by atoms with van der Waals surface area (Å²) in [6, 6.07) is 9.29. The van der Waals surface area contributed by atoms with Crippen LogP contribution in [0, 0.1) is 5.92 Å². The fourth-order valence-electron chi connectivity index (χ4n) is 3.27. The Hall–Kier alpha value is -1.06. The van der Waals surface area contributed by atoms with Gasteiger partial charge < -0.3 is 10.5 Å². The molecule has 0 aliphatic heterocycles. The summed E-state index contributed by atoms with van der Waals surface area (Å²) in [7, 11) is 3.92. The van der Waals surface area contributed by atoms with E-state index in [-0.39, 0.29) is 0 Å². The molecule has 0 radical (unpaired) electrons. The first kappa shape index (κ1) is 15.3. The van der Waals surface area contributed by atoms with Gasteiger partial charge in [0, 0.05) is 18.6 Å². The summed E-state index contributed by atoms with van der Waals surface area (Å²) in [5.41, 5.74) is 7.32. The van der Waals surface area contributed by atoms with Crippen LogP contribution in [0.5, 0.6) is 5.75 Å². The number of ether oxygens (including phenoxy) is 1. The fourth-order valence-corrected chi connectivity index (χ4v) is 3.27. The summed E-state index contributed by atoms with van der Waals surface area (Å²) in [6.45, 7) is 3.02. The Balaban J connectivity index is 2.06. The normalized spacial score (nSPS) is 24.6. The van der Waals surface area contributed by atoms with Crippen LogP contribution >= 0.6 is 0 Å². The Morgan fingerprint density at radius 1 is 1.20 bits per heavy atom. The lowest BCUT2D eigenvalue weighted by Gasteiger charge is -2.38. The zero-order valence-corrected chi connectivity index (χ0v) is 13.0. The van der Waals surface area contributed by atoms with Crippen LogP contribution in [0.15, 0.2) is 24.3 Å². The highest BCUT2D eigenvalue weighted by Crippen LogP contribution is 2.31. The van der Waals surface area contributed by atoms with Crippen molar-refractivity contribution in [2.45, 2.75) is 44.7 Å². The van der Waals surface area contributed by atoms with Crippen molar-refractivity contribution >= 4 is 0 Å². The molecule has 0 saturated heterocycles. The van der Waals surface area contributed by atoms with Gasteiger partial charge in [0.2, 0.25) is 0 Å². The molecule has 112 valence electrons. The molecule has 1 aliphatic carbocycles. The van der Waals surface area contributed by atoms with Crippen molar-refractivity contribution in [2.24, 2.45) is 11.7 Å². The van der Waals surface area contributed by atoms with E-state index in [4.69, 9.17) is 10.5 Å². The number of benzene rings is 1. The molecule has 1 aromatic rings. The maximum atomic E-state index is 6.04. The Morgan fingerprint density at radius 3 is 2.30 bits per heavy atom. The van der Waals surface area contributed by atoms with Crippen LogP contribution < -0.4 is 10.5 Å². The predicted octanol–water partition coefficient (Wildman–Crippen LogP) is 3.21. The van der Waals surface area contributed by atoms with Gasteiger partial charge in [0.05, 0.1) is 7.11 Å². The molecule has 3 heteroatoms. The molecule has 2 rings (SSSR count). The van der Waals surface area contributed by atoms with E-state index in [0.29, 0.717) is 18.6 Å². The molecule has 0 spiro atoms. The third-order valence-corrected chi connectivity index (χ3v) is 4.78. The second-order valence-electron chi connectivity index (χ2n) is 6.10. The lowest BCUT2D eigenvalue weighted by Crippen LogP contribution is -2.40. The minimum atomic E-state index is 0.305. The highest BCUT2D eigenvalue weighted by atomic mass is 16.5. The molecule has 0 amide bonds. The summed E-state index contributed by atoms with van der Waals surface area (Å²) >= 11 is 0. The van der Waals surface area contributed by atoms with E-state index >= 15 is 0 Å². The number of likely N-dealkylation sites (N-methyl/N-ethyl adjacent to an activating group) is 1. The molecule has 2 N–H and O–H groups in total. The molecule has 1 aliphatic rings. The number of hydrogen-bond acceptors (Lipinski definition) is 3. The molecule has 3 nitrogen and oxygen atoms in total. The van der Waals surface area contributed by atoms with Gasteiger partial charge in [-0.2, -0.15) is 0 Å². The van der Waals surface area contributed by atoms with Crippen molar-refractivity contribution < 1.29 is 4.74 Å². The average molecular weight is 276 g/mol. The summed E-state index contributed by atoms with van der Waals surface area (Å²) in [4.78, 5) is 2.48. The van der Waals surface area contributed by atoms with E-state index in [0.717, 1.165) is 11.7 Å². The molecule has 1 atom stereocenters. The van der Waals surface area contributed by atoms with Gasteiger partial charge >= 0.3 is 0 Å². The lowest BCUT2D eigenvalue weighted by molar-refractivity contribution is 0.126. The maximum absolute atomic E-state index is 6.04. The summed E-state index contributed by atoms with van der Waals surface area (Å²) in [5.74, 6) is 1.79. The number of hydrogen-bond donors (Lipinski definition) is 1. The number of methoxy groups -OCH3 is 1. The smallest absolute Gasteiger partial charge is 0.118 e. The molecule has 1 unspecified atom stereocenters. The molecular formula is C17H28N2O. The molecule has 20 heavy (non-hydrogen) atoms. The van der Waals surface area contributed by atoms with Gasteiger partial charge in [-0.25, -0.2) is 0 Å². The summed E-state index contributed by atoms with van der Waals surface area (Å²) in [5, 5.41) is 0. The highest BCUT2D eigenvalue weighted by Gasteiger charge is 2.26. The maximum Gasteiger partial charge on any atom is 0.118 e. The number of nitrogens with two attached hydrogens (primary N) is 1. The molecule has 1 saturated carbocycles. The van der Waals surface area contributed by atoms with Gasteiger partial charge in [-0.15, -0.1) is 0 Å². The summed E-state index contributed by atoms with van der Waals surface area (Å²) < 4.78 is 5.23. The second kappa shape index (κ2) is 7.09. The summed E-state index contributed by atoms with van der Waals surface area (Å²) in [6.07, 6.45) is 5.28. The third-order valence-electron chi connectivity index (χ3n) is 4.78. The minimum Gasteiger partial charge on any atom is -0.497 e. The first-order valence-corrected chi connectivity index (χ1v) is 7.71. The van der Waals surface area contributed by atoms with E-state index in [1.165, 1.54) is 31.2 Å². The zero-order valence-electron chi connectivity index (χ0n) is 13.0. The standard InChI is InChI=1S/C17H28N2O/c1-13-4-8-15(9-5-13)19(2)17(12-18)14-6-10-16(20-3)11-7-14/h6-7,10-11,13,15,17H,4-5,8-9,12,18H2,1-3H3. The largest absolute Gasteiger partial charge is 0.497 e. The Bertz CT molecular complexity index is 396. The van der Waals surface area contributed by atoms with E-state index < -0.39 is 0 Å². The van der Waals surface area contributed by atoms with Crippen molar-refractivity contribution in [3.63, 3.8) is 0 Å². The van der Waals surface area contributed by atoms with Crippen molar-refractivity contribution in [3.8, 4) is 5.75 Å². The van der Waals surface area contributed by atoms with E-state index in [1.807, 2.05) is 12.1 Å². The van der Waals surface area contributed by atoms with Crippen molar-refractivity contribution in [1.29, 1.82) is 0 Å². The molecule has 1 fully saturated rings. The molecule has 0 heterocycles. The molecule has 1 aromatic carbocycles. The minimum absolute atomic E-state index is 0.305. The fraction of sp³-hybridized carbons (Fsp3) is 0.647. The van der Waals surface area contributed by atoms with Gasteiger partial charge in [0.1, 0.15) is 5.75 Å². The second-order valence-corrected chi connectivity index (χ2v) is 6.10. The predicted molar refractivity (Wildman–Crippen MR) is 84.0 cm³/mol. The highest BCUT2D eigenvalue weighted by molar-refractivity contribution is 5.29.